The van der Waals surface area contributed by atoms with Gasteiger partial charge in [0.05, 0.1) is 17.1 Å². The quantitative estimate of drug-likeness (QED) is 0.525. The molecule has 0 spiro atoms. The molecule has 0 aliphatic rings. The molecule has 0 amide bonds. The summed E-state index contributed by atoms with van der Waals surface area (Å²) in [5.74, 6) is 0.0539. The third kappa shape index (κ3) is 3.44. The largest absolute Gasteiger partial charge is 0.506 e. The molecule has 4 nitrogen and oxygen atoms in total. The van der Waals surface area contributed by atoms with Crippen LogP contribution in [0.3, 0.4) is 0 Å². The number of aromatic hydroxyl groups is 1. The Hall–Kier alpha value is -1.58. The van der Waals surface area contributed by atoms with E-state index in [2.05, 4.69) is 18.7 Å². The standard InChI is InChI=1S/C13H23N3O/c1-3-5-7-16(6-4-2)12-8-11(15)13(17)9-10(12)14/h8-9,17H,3-7,14-15H2,1-2H3. The van der Waals surface area contributed by atoms with Crippen molar-refractivity contribution in [3.8, 4) is 5.75 Å². The van der Waals surface area contributed by atoms with Gasteiger partial charge in [0.2, 0.25) is 0 Å². The summed E-state index contributed by atoms with van der Waals surface area (Å²) >= 11 is 0. The van der Waals surface area contributed by atoms with Crippen LogP contribution in [-0.4, -0.2) is 18.2 Å². The molecular weight excluding hydrogens is 214 g/mol. The molecule has 96 valence electrons. The topological polar surface area (TPSA) is 75.5 Å². The molecule has 0 saturated heterocycles. The summed E-state index contributed by atoms with van der Waals surface area (Å²) in [7, 11) is 0. The van der Waals surface area contributed by atoms with Crippen LogP contribution in [-0.2, 0) is 0 Å². The van der Waals surface area contributed by atoms with E-state index in [0.717, 1.165) is 38.0 Å². The van der Waals surface area contributed by atoms with E-state index in [-0.39, 0.29) is 5.75 Å². The lowest BCUT2D eigenvalue weighted by molar-refractivity contribution is 0.478. The minimum absolute atomic E-state index is 0.0539. The van der Waals surface area contributed by atoms with Crippen LogP contribution in [0.15, 0.2) is 12.1 Å². The highest BCUT2D eigenvalue weighted by Crippen LogP contribution is 2.32. The molecule has 0 atom stereocenters. The van der Waals surface area contributed by atoms with Gasteiger partial charge in [-0.25, -0.2) is 0 Å². The average Bonchev–Trinajstić information content (AvgIpc) is 2.29. The lowest BCUT2D eigenvalue weighted by Gasteiger charge is -2.26. The van der Waals surface area contributed by atoms with Crippen molar-refractivity contribution in [1.29, 1.82) is 0 Å². The van der Waals surface area contributed by atoms with Crippen LogP contribution in [0.25, 0.3) is 0 Å². The van der Waals surface area contributed by atoms with Crippen LogP contribution in [0.4, 0.5) is 17.1 Å². The predicted molar refractivity (Wildman–Crippen MR) is 74.3 cm³/mol. The molecule has 1 aromatic carbocycles. The SMILES string of the molecule is CCCCN(CCC)c1cc(N)c(O)cc1N. The van der Waals surface area contributed by atoms with Crippen LogP contribution >= 0.6 is 0 Å². The zero-order chi connectivity index (χ0) is 12.8. The molecule has 5 N–H and O–H groups in total. The van der Waals surface area contributed by atoms with Crippen molar-refractivity contribution in [2.24, 2.45) is 0 Å². The maximum atomic E-state index is 9.49. The van der Waals surface area contributed by atoms with E-state index in [9.17, 15) is 5.11 Å². The molecule has 0 heterocycles. The van der Waals surface area contributed by atoms with Crippen molar-refractivity contribution < 1.29 is 5.11 Å². The summed E-state index contributed by atoms with van der Waals surface area (Å²) in [6.45, 7) is 6.23. The zero-order valence-corrected chi connectivity index (χ0v) is 10.7. The van der Waals surface area contributed by atoms with E-state index >= 15 is 0 Å². The minimum Gasteiger partial charge on any atom is -0.506 e. The molecule has 0 aliphatic heterocycles. The summed E-state index contributed by atoms with van der Waals surface area (Å²) in [5, 5.41) is 9.49. The summed E-state index contributed by atoms with van der Waals surface area (Å²) in [5.41, 5.74) is 13.5. The van der Waals surface area contributed by atoms with Crippen LogP contribution in [0.5, 0.6) is 5.75 Å². The molecule has 0 unspecified atom stereocenters. The van der Waals surface area contributed by atoms with E-state index in [4.69, 9.17) is 11.5 Å². The molecule has 0 radical (unpaired) electrons. The first kappa shape index (κ1) is 13.5. The summed E-state index contributed by atoms with van der Waals surface area (Å²) in [6, 6.07) is 3.29. The summed E-state index contributed by atoms with van der Waals surface area (Å²) in [4.78, 5) is 2.23. The van der Waals surface area contributed by atoms with Gasteiger partial charge in [0.15, 0.2) is 0 Å². The van der Waals surface area contributed by atoms with Gasteiger partial charge in [0, 0.05) is 19.2 Å². The van der Waals surface area contributed by atoms with Gasteiger partial charge >= 0.3 is 0 Å². The van der Waals surface area contributed by atoms with Crippen LogP contribution in [0.1, 0.15) is 33.1 Å². The molecule has 1 rings (SSSR count). The van der Waals surface area contributed by atoms with Crippen LogP contribution < -0.4 is 16.4 Å². The fourth-order valence-corrected chi connectivity index (χ4v) is 1.85. The highest BCUT2D eigenvalue weighted by atomic mass is 16.3. The molecule has 0 fully saturated rings. The molecular formula is C13H23N3O. The van der Waals surface area contributed by atoms with Crippen LogP contribution in [0.2, 0.25) is 0 Å². The molecule has 0 aromatic heterocycles. The van der Waals surface area contributed by atoms with Crippen molar-refractivity contribution in [3.63, 3.8) is 0 Å². The second-order valence-corrected chi connectivity index (χ2v) is 4.31. The molecule has 0 aliphatic carbocycles. The lowest BCUT2D eigenvalue weighted by Crippen LogP contribution is -2.26. The zero-order valence-electron chi connectivity index (χ0n) is 10.7. The van der Waals surface area contributed by atoms with Crippen molar-refractivity contribution >= 4 is 17.1 Å². The second-order valence-electron chi connectivity index (χ2n) is 4.31. The molecule has 17 heavy (non-hydrogen) atoms. The first-order valence-electron chi connectivity index (χ1n) is 6.23. The molecule has 1 aromatic rings. The number of unbranched alkanes of at least 4 members (excludes halogenated alkanes) is 1. The fourth-order valence-electron chi connectivity index (χ4n) is 1.85. The van der Waals surface area contributed by atoms with E-state index in [1.165, 1.54) is 6.07 Å². The van der Waals surface area contributed by atoms with Crippen LogP contribution in [0, 0.1) is 0 Å². The Bertz CT molecular complexity index is 366. The molecule has 0 bridgehead atoms. The normalized spacial score (nSPS) is 10.5. The number of rotatable bonds is 6. The summed E-state index contributed by atoms with van der Waals surface area (Å²) < 4.78 is 0. The van der Waals surface area contributed by atoms with E-state index in [1.54, 1.807) is 6.07 Å². The monoisotopic (exact) mass is 237 g/mol. The second kappa shape index (κ2) is 6.23. The minimum atomic E-state index is 0.0539. The van der Waals surface area contributed by atoms with Crippen molar-refractivity contribution in [1.82, 2.24) is 0 Å². The van der Waals surface area contributed by atoms with Gasteiger partial charge in [-0.1, -0.05) is 20.3 Å². The number of nitrogens with zero attached hydrogens (tertiary/aromatic N) is 1. The highest BCUT2D eigenvalue weighted by Gasteiger charge is 2.11. The fraction of sp³-hybridized carbons (Fsp3) is 0.538. The van der Waals surface area contributed by atoms with E-state index in [0.29, 0.717) is 11.4 Å². The first-order chi connectivity index (χ1) is 8.10. The maximum Gasteiger partial charge on any atom is 0.140 e. The smallest absolute Gasteiger partial charge is 0.140 e. The van der Waals surface area contributed by atoms with Gasteiger partial charge in [0.25, 0.3) is 0 Å². The van der Waals surface area contributed by atoms with Gasteiger partial charge < -0.3 is 21.5 Å². The van der Waals surface area contributed by atoms with Crippen molar-refractivity contribution in [2.45, 2.75) is 33.1 Å². The predicted octanol–water partition coefficient (Wildman–Crippen LogP) is 2.57. The molecule has 4 heteroatoms. The Morgan fingerprint density at radius 2 is 1.76 bits per heavy atom. The number of hydrogen-bond acceptors (Lipinski definition) is 4. The van der Waals surface area contributed by atoms with Gasteiger partial charge in [0.1, 0.15) is 5.75 Å². The molecule has 0 saturated carbocycles. The number of phenolic OH excluding ortho intramolecular Hbond substituents is 1. The Kier molecular flexibility index (Phi) is 4.94. The number of hydrogen-bond donors (Lipinski definition) is 3. The van der Waals surface area contributed by atoms with E-state index < -0.39 is 0 Å². The highest BCUT2D eigenvalue weighted by molar-refractivity contribution is 5.76. The lowest BCUT2D eigenvalue weighted by atomic mass is 10.2. The Morgan fingerprint density at radius 1 is 1.06 bits per heavy atom. The Balaban J connectivity index is 2.96. The van der Waals surface area contributed by atoms with Crippen molar-refractivity contribution in [2.75, 3.05) is 29.5 Å². The number of nitrogen functional groups attached to an aromatic ring is 2. The number of anilines is 3. The third-order valence-corrected chi connectivity index (χ3v) is 2.79. The first-order valence-corrected chi connectivity index (χ1v) is 6.23. The maximum absolute atomic E-state index is 9.49. The number of nitrogens with two attached hydrogens (primary N) is 2. The Morgan fingerprint density at radius 3 is 2.35 bits per heavy atom. The number of phenols is 1. The van der Waals surface area contributed by atoms with Gasteiger partial charge in [-0.15, -0.1) is 0 Å². The van der Waals surface area contributed by atoms with Gasteiger partial charge in [-0.3, -0.25) is 0 Å². The average molecular weight is 237 g/mol. The Labute approximate surface area is 103 Å². The number of benzene rings is 1. The van der Waals surface area contributed by atoms with Gasteiger partial charge in [-0.05, 0) is 18.9 Å². The third-order valence-electron chi connectivity index (χ3n) is 2.79. The summed E-state index contributed by atoms with van der Waals surface area (Å²) in [6.07, 6.45) is 3.33. The van der Waals surface area contributed by atoms with Crippen molar-refractivity contribution in [3.05, 3.63) is 12.1 Å². The van der Waals surface area contributed by atoms with Gasteiger partial charge in [-0.2, -0.15) is 0 Å². The van der Waals surface area contributed by atoms with E-state index in [1.807, 2.05) is 0 Å².